The molecule has 0 bridgehead atoms. The molecule has 0 radical (unpaired) electrons. The molecule has 0 N–H and O–H groups in total. The molecule has 0 saturated heterocycles. The molecule has 0 fully saturated rings. The number of carbonyl (C=O) groups is 1. The van der Waals surface area contributed by atoms with Gasteiger partial charge in [0.2, 0.25) is 0 Å². The van der Waals surface area contributed by atoms with Gasteiger partial charge in [0.05, 0.1) is 10.2 Å². The molecule has 150 valence electrons. The van der Waals surface area contributed by atoms with Gasteiger partial charge < -0.3 is 4.90 Å². The Kier molecular flexibility index (Phi) is 7.21. The summed E-state index contributed by atoms with van der Waals surface area (Å²) < 4.78 is 1.13. The number of rotatable bonds is 5. The zero-order valence-corrected chi connectivity index (χ0v) is 19.0. The first kappa shape index (κ1) is 22.3. The molecule has 0 atom stereocenters. The summed E-state index contributed by atoms with van der Waals surface area (Å²) in [5, 5.41) is 0.767. The maximum atomic E-state index is 13.3. The van der Waals surface area contributed by atoms with Gasteiger partial charge in [0.15, 0.2) is 5.13 Å². The van der Waals surface area contributed by atoms with Crippen LogP contribution in [0.4, 0.5) is 5.13 Å². The Labute approximate surface area is 177 Å². The molecule has 28 heavy (non-hydrogen) atoms. The highest BCUT2D eigenvalue weighted by molar-refractivity contribution is 7.22. The van der Waals surface area contributed by atoms with Crippen molar-refractivity contribution in [2.75, 3.05) is 32.1 Å². The largest absolute Gasteiger partial charge is 0.308 e. The van der Waals surface area contributed by atoms with E-state index in [1.807, 2.05) is 44.1 Å². The van der Waals surface area contributed by atoms with E-state index < -0.39 is 0 Å². The number of aryl methyl sites for hydroxylation is 4. The maximum absolute atomic E-state index is 13.3. The van der Waals surface area contributed by atoms with Gasteiger partial charge in [-0.25, -0.2) is 4.98 Å². The smallest absolute Gasteiger partial charge is 0.260 e. The van der Waals surface area contributed by atoms with Gasteiger partial charge in [-0.2, -0.15) is 0 Å². The highest BCUT2D eigenvalue weighted by Crippen LogP contribution is 2.32. The van der Waals surface area contributed by atoms with Crippen LogP contribution < -0.4 is 4.90 Å². The van der Waals surface area contributed by atoms with Crippen molar-refractivity contribution in [2.24, 2.45) is 0 Å². The van der Waals surface area contributed by atoms with E-state index in [1.165, 1.54) is 11.1 Å². The Morgan fingerprint density at radius 2 is 1.68 bits per heavy atom. The molecule has 0 spiro atoms. The highest BCUT2D eigenvalue weighted by Gasteiger charge is 2.22. The summed E-state index contributed by atoms with van der Waals surface area (Å²) in [6, 6.07) is 10.2. The lowest BCUT2D eigenvalue weighted by atomic mass is 10.1. The molecule has 3 rings (SSSR count). The second kappa shape index (κ2) is 9.03. The van der Waals surface area contributed by atoms with Crippen LogP contribution in [0, 0.1) is 27.7 Å². The lowest BCUT2D eigenvalue weighted by Crippen LogP contribution is -2.36. The molecule has 0 aliphatic carbocycles. The Balaban J connectivity index is 0.00000280. The monoisotopic (exact) mass is 417 g/mol. The molecule has 0 saturated carbocycles. The summed E-state index contributed by atoms with van der Waals surface area (Å²) in [6.45, 7) is 9.66. The van der Waals surface area contributed by atoms with E-state index in [1.54, 1.807) is 11.3 Å². The van der Waals surface area contributed by atoms with Gasteiger partial charge in [-0.3, -0.25) is 9.69 Å². The highest BCUT2D eigenvalue weighted by atomic mass is 35.5. The van der Waals surface area contributed by atoms with E-state index in [9.17, 15) is 4.79 Å². The fourth-order valence-corrected chi connectivity index (χ4v) is 4.25. The van der Waals surface area contributed by atoms with Crippen LogP contribution >= 0.6 is 23.7 Å². The van der Waals surface area contributed by atoms with Gasteiger partial charge in [-0.05, 0) is 82.2 Å². The quantitative estimate of drug-likeness (QED) is 0.575. The van der Waals surface area contributed by atoms with Crippen molar-refractivity contribution in [3.05, 3.63) is 58.1 Å². The van der Waals surface area contributed by atoms with Crippen LogP contribution in [0.15, 0.2) is 30.3 Å². The number of likely N-dealkylation sites (N-methyl/N-ethyl adjacent to an activating group) is 1. The lowest BCUT2D eigenvalue weighted by molar-refractivity contribution is 0.0985. The molecule has 0 aliphatic heterocycles. The number of hydrogen-bond acceptors (Lipinski definition) is 4. The molecule has 0 unspecified atom stereocenters. The van der Waals surface area contributed by atoms with Crippen LogP contribution in [0.5, 0.6) is 0 Å². The van der Waals surface area contributed by atoms with Crippen molar-refractivity contribution >= 4 is 45.0 Å². The van der Waals surface area contributed by atoms with E-state index in [4.69, 9.17) is 4.98 Å². The molecular formula is C22H28ClN3OS. The van der Waals surface area contributed by atoms with E-state index in [0.29, 0.717) is 12.1 Å². The molecular weight excluding hydrogens is 390 g/mol. The molecule has 6 heteroatoms. The fraction of sp³-hybridized carbons (Fsp3) is 0.364. The van der Waals surface area contributed by atoms with E-state index in [2.05, 4.69) is 37.8 Å². The van der Waals surface area contributed by atoms with Gasteiger partial charge in [0.1, 0.15) is 0 Å². The van der Waals surface area contributed by atoms with Crippen molar-refractivity contribution in [1.82, 2.24) is 9.88 Å². The average Bonchev–Trinajstić information content (AvgIpc) is 3.01. The summed E-state index contributed by atoms with van der Waals surface area (Å²) in [5.41, 5.74) is 6.39. The molecule has 1 heterocycles. The first-order valence-electron chi connectivity index (χ1n) is 9.18. The normalized spacial score (nSPS) is 11.0. The van der Waals surface area contributed by atoms with Gasteiger partial charge in [0.25, 0.3) is 5.91 Å². The minimum absolute atomic E-state index is 0. The van der Waals surface area contributed by atoms with E-state index in [0.717, 1.165) is 33.0 Å². The maximum Gasteiger partial charge on any atom is 0.260 e. The van der Waals surface area contributed by atoms with Gasteiger partial charge in [0, 0.05) is 18.7 Å². The fourth-order valence-electron chi connectivity index (χ4n) is 3.09. The summed E-state index contributed by atoms with van der Waals surface area (Å²) in [7, 11) is 4.04. The number of halogens is 1. The zero-order chi connectivity index (χ0) is 19.7. The average molecular weight is 418 g/mol. The summed E-state index contributed by atoms with van der Waals surface area (Å²) in [4.78, 5) is 22.1. The molecule has 1 aromatic heterocycles. The second-order valence-corrected chi connectivity index (χ2v) is 8.49. The first-order valence-corrected chi connectivity index (χ1v) is 9.99. The van der Waals surface area contributed by atoms with Crippen molar-refractivity contribution in [2.45, 2.75) is 27.7 Å². The molecule has 0 aliphatic rings. The van der Waals surface area contributed by atoms with Gasteiger partial charge >= 0.3 is 0 Å². The number of nitrogens with zero attached hydrogens (tertiary/aromatic N) is 3. The number of thiazole rings is 1. The minimum atomic E-state index is 0. The van der Waals surface area contributed by atoms with Crippen LogP contribution in [0.25, 0.3) is 10.2 Å². The number of fused-ring (bicyclic) bond motifs is 1. The zero-order valence-electron chi connectivity index (χ0n) is 17.4. The van der Waals surface area contributed by atoms with Gasteiger partial charge in [-0.1, -0.05) is 23.5 Å². The van der Waals surface area contributed by atoms with Crippen LogP contribution in [-0.2, 0) is 0 Å². The second-order valence-electron chi connectivity index (χ2n) is 7.48. The number of amides is 1. The SMILES string of the molecule is Cc1cc(C)c2nc(N(CCN(C)C)C(=O)c3ccc(C)c(C)c3)sc2c1.Cl. The van der Waals surface area contributed by atoms with Crippen molar-refractivity contribution in [1.29, 1.82) is 0 Å². The van der Waals surface area contributed by atoms with Crippen LogP contribution in [0.3, 0.4) is 0 Å². The summed E-state index contributed by atoms with van der Waals surface area (Å²) >= 11 is 1.59. The van der Waals surface area contributed by atoms with Crippen LogP contribution in [-0.4, -0.2) is 43.0 Å². The summed E-state index contributed by atoms with van der Waals surface area (Å²) in [5.74, 6) is 0.00776. The number of benzene rings is 2. The Bertz CT molecular complexity index is 997. The number of carbonyl (C=O) groups excluding carboxylic acids is 1. The van der Waals surface area contributed by atoms with Crippen LogP contribution in [0.2, 0.25) is 0 Å². The number of aromatic nitrogens is 1. The predicted molar refractivity (Wildman–Crippen MR) is 122 cm³/mol. The predicted octanol–water partition coefficient (Wildman–Crippen LogP) is 5.16. The minimum Gasteiger partial charge on any atom is -0.308 e. The third-order valence-electron chi connectivity index (χ3n) is 4.82. The van der Waals surface area contributed by atoms with Crippen molar-refractivity contribution in [3.8, 4) is 0 Å². The Morgan fingerprint density at radius 3 is 2.32 bits per heavy atom. The van der Waals surface area contributed by atoms with Crippen molar-refractivity contribution < 1.29 is 4.79 Å². The third kappa shape index (κ3) is 4.72. The summed E-state index contributed by atoms with van der Waals surface area (Å²) in [6.07, 6.45) is 0. The Morgan fingerprint density at radius 1 is 0.964 bits per heavy atom. The van der Waals surface area contributed by atoms with Gasteiger partial charge in [-0.15, -0.1) is 12.4 Å². The van der Waals surface area contributed by atoms with E-state index >= 15 is 0 Å². The van der Waals surface area contributed by atoms with Crippen LogP contribution in [0.1, 0.15) is 32.6 Å². The lowest BCUT2D eigenvalue weighted by Gasteiger charge is -2.22. The molecule has 2 aromatic carbocycles. The standard InChI is InChI=1S/C22H27N3OS.ClH/c1-14-11-17(4)20-19(12-14)27-22(23-20)25(10-9-24(5)6)21(26)18-8-7-15(2)16(3)13-18;/h7-8,11-13H,9-10H2,1-6H3;1H. The third-order valence-corrected chi connectivity index (χ3v) is 5.84. The molecule has 4 nitrogen and oxygen atoms in total. The molecule has 3 aromatic rings. The topological polar surface area (TPSA) is 36.4 Å². The van der Waals surface area contributed by atoms with Crippen molar-refractivity contribution in [3.63, 3.8) is 0 Å². The molecule has 1 amide bonds. The number of anilines is 1. The Hall–Kier alpha value is -1.95. The number of hydrogen-bond donors (Lipinski definition) is 0. The van der Waals surface area contributed by atoms with E-state index in [-0.39, 0.29) is 18.3 Å². The first-order chi connectivity index (χ1) is 12.8.